The molecule has 0 aliphatic carbocycles. The van der Waals surface area contributed by atoms with Crippen molar-refractivity contribution in [3.8, 4) is 0 Å². The first-order valence-corrected chi connectivity index (χ1v) is 7.87. The van der Waals surface area contributed by atoms with E-state index in [2.05, 4.69) is 22.9 Å². The van der Waals surface area contributed by atoms with E-state index >= 15 is 0 Å². The fourth-order valence-corrected chi connectivity index (χ4v) is 2.68. The van der Waals surface area contributed by atoms with Gasteiger partial charge in [-0.05, 0) is 36.1 Å². The van der Waals surface area contributed by atoms with E-state index < -0.39 is 0 Å². The molecule has 110 valence electrons. The topological polar surface area (TPSA) is 39.1 Å². The second-order valence-corrected chi connectivity index (χ2v) is 5.96. The van der Waals surface area contributed by atoms with Crippen LogP contribution < -0.4 is 5.56 Å². The number of pyridine rings is 1. The van der Waals surface area contributed by atoms with Crippen LogP contribution >= 0.6 is 15.9 Å². The summed E-state index contributed by atoms with van der Waals surface area (Å²) < 4.78 is 2.22. The first kappa shape index (κ1) is 15.7. The van der Waals surface area contributed by atoms with Crippen molar-refractivity contribution >= 4 is 21.8 Å². The summed E-state index contributed by atoms with van der Waals surface area (Å²) in [6.07, 6.45) is 3.81. The molecular formula is C17H18BrNO2. The summed E-state index contributed by atoms with van der Waals surface area (Å²) in [5.74, 6) is -0.00956. The molecule has 1 atom stereocenters. The van der Waals surface area contributed by atoms with Gasteiger partial charge in [0.05, 0.1) is 0 Å². The van der Waals surface area contributed by atoms with E-state index in [-0.39, 0.29) is 17.4 Å². The number of rotatable bonds is 5. The molecule has 2 rings (SSSR count). The van der Waals surface area contributed by atoms with Gasteiger partial charge in [0, 0.05) is 23.2 Å². The molecule has 2 aromatic rings. The fraction of sp³-hybridized carbons (Fsp3) is 0.294. The molecule has 1 heterocycles. The van der Waals surface area contributed by atoms with Gasteiger partial charge in [0.2, 0.25) is 5.91 Å². The predicted molar refractivity (Wildman–Crippen MR) is 87.7 cm³/mol. The Morgan fingerprint density at radius 2 is 1.90 bits per heavy atom. The third kappa shape index (κ3) is 4.14. The number of nitrogens with zero attached hydrogens (tertiary/aromatic N) is 1. The van der Waals surface area contributed by atoms with E-state index in [0.29, 0.717) is 6.42 Å². The van der Waals surface area contributed by atoms with E-state index in [1.165, 1.54) is 16.8 Å². The van der Waals surface area contributed by atoms with Crippen molar-refractivity contribution < 1.29 is 4.79 Å². The third-order valence-corrected chi connectivity index (χ3v) is 4.02. The SMILES string of the molecule is CCCC(CC(=O)n1ccccc1=O)c1ccc(Br)cc1. The van der Waals surface area contributed by atoms with E-state index in [1.807, 2.05) is 24.3 Å². The Labute approximate surface area is 132 Å². The van der Waals surface area contributed by atoms with Gasteiger partial charge in [-0.2, -0.15) is 0 Å². The zero-order valence-electron chi connectivity index (χ0n) is 12.0. The first-order valence-electron chi connectivity index (χ1n) is 7.08. The molecule has 0 saturated heterocycles. The lowest BCUT2D eigenvalue weighted by atomic mass is 9.91. The number of hydrogen-bond acceptors (Lipinski definition) is 2. The summed E-state index contributed by atoms with van der Waals surface area (Å²) >= 11 is 3.42. The normalized spacial score (nSPS) is 12.1. The largest absolute Gasteiger partial charge is 0.274 e. The highest BCUT2D eigenvalue weighted by Gasteiger charge is 2.17. The maximum atomic E-state index is 12.3. The van der Waals surface area contributed by atoms with Gasteiger partial charge in [-0.15, -0.1) is 0 Å². The predicted octanol–water partition coefficient (Wildman–Crippen LogP) is 4.23. The molecule has 1 unspecified atom stereocenters. The van der Waals surface area contributed by atoms with Crippen molar-refractivity contribution in [1.82, 2.24) is 4.57 Å². The average Bonchev–Trinajstić information content (AvgIpc) is 2.48. The van der Waals surface area contributed by atoms with Gasteiger partial charge in [-0.1, -0.05) is 47.5 Å². The van der Waals surface area contributed by atoms with Crippen molar-refractivity contribution in [1.29, 1.82) is 0 Å². The number of halogens is 1. The highest BCUT2D eigenvalue weighted by Crippen LogP contribution is 2.26. The Morgan fingerprint density at radius 1 is 1.19 bits per heavy atom. The zero-order chi connectivity index (χ0) is 15.2. The monoisotopic (exact) mass is 347 g/mol. The zero-order valence-corrected chi connectivity index (χ0v) is 13.5. The number of benzene rings is 1. The molecule has 3 nitrogen and oxygen atoms in total. The Hall–Kier alpha value is -1.68. The number of aromatic nitrogens is 1. The Kier molecular flexibility index (Phi) is 5.51. The van der Waals surface area contributed by atoms with E-state index in [9.17, 15) is 9.59 Å². The number of carbonyl (C=O) groups is 1. The van der Waals surface area contributed by atoms with Crippen molar-refractivity contribution in [2.24, 2.45) is 0 Å². The molecule has 0 N–H and O–H groups in total. The minimum atomic E-state index is -0.270. The van der Waals surface area contributed by atoms with Crippen molar-refractivity contribution in [3.05, 3.63) is 69.1 Å². The molecule has 0 spiro atoms. The molecule has 0 bridgehead atoms. The Morgan fingerprint density at radius 3 is 2.52 bits per heavy atom. The molecule has 0 amide bonds. The van der Waals surface area contributed by atoms with Crippen LogP contribution in [-0.2, 0) is 0 Å². The highest BCUT2D eigenvalue weighted by atomic mass is 79.9. The summed E-state index contributed by atoms with van der Waals surface area (Å²) in [6.45, 7) is 2.10. The van der Waals surface area contributed by atoms with Crippen LogP contribution in [0.5, 0.6) is 0 Å². The van der Waals surface area contributed by atoms with Crippen molar-refractivity contribution in [3.63, 3.8) is 0 Å². The van der Waals surface area contributed by atoms with Gasteiger partial charge in [0.1, 0.15) is 0 Å². The molecule has 0 radical (unpaired) electrons. The standard InChI is InChI=1S/C17H18BrNO2/c1-2-5-14(13-7-9-15(18)10-8-13)12-17(21)19-11-4-3-6-16(19)20/h3-4,6-11,14H,2,5,12H2,1H3. The van der Waals surface area contributed by atoms with Gasteiger partial charge in [0.15, 0.2) is 0 Å². The van der Waals surface area contributed by atoms with Crippen LogP contribution in [-0.4, -0.2) is 10.5 Å². The van der Waals surface area contributed by atoms with E-state index in [1.54, 1.807) is 12.1 Å². The quantitative estimate of drug-likeness (QED) is 0.811. The van der Waals surface area contributed by atoms with Crippen molar-refractivity contribution in [2.45, 2.75) is 32.1 Å². The smallest absolute Gasteiger partial charge is 0.257 e. The molecule has 1 aromatic carbocycles. The number of hydrogen-bond donors (Lipinski definition) is 0. The molecule has 21 heavy (non-hydrogen) atoms. The molecule has 0 saturated carbocycles. The maximum absolute atomic E-state index is 12.3. The fourth-order valence-electron chi connectivity index (χ4n) is 2.41. The minimum Gasteiger partial charge on any atom is -0.274 e. The lowest BCUT2D eigenvalue weighted by Crippen LogP contribution is -2.26. The molecule has 0 fully saturated rings. The summed E-state index contributed by atoms with van der Waals surface area (Å²) in [7, 11) is 0. The lowest BCUT2D eigenvalue weighted by Gasteiger charge is -2.16. The van der Waals surface area contributed by atoms with Gasteiger partial charge >= 0.3 is 0 Å². The van der Waals surface area contributed by atoms with Crippen LogP contribution in [0.25, 0.3) is 0 Å². The summed E-state index contributed by atoms with van der Waals surface area (Å²) in [5.41, 5.74) is 0.867. The molecule has 4 heteroatoms. The molecule has 0 aliphatic rings. The van der Waals surface area contributed by atoms with Gasteiger partial charge < -0.3 is 0 Å². The van der Waals surface area contributed by atoms with Gasteiger partial charge in [0.25, 0.3) is 5.56 Å². The maximum Gasteiger partial charge on any atom is 0.257 e. The van der Waals surface area contributed by atoms with Crippen molar-refractivity contribution in [2.75, 3.05) is 0 Å². The average molecular weight is 348 g/mol. The minimum absolute atomic E-state index is 0.141. The molecule has 1 aromatic heterocycles. The first-order chi connectivity index (χ1) is 10.1. The van der Waals surface area contributed by atoms with Crippen LogP contribution in [0.15, 0.2) is 57.9 Å². The van der Waals surface area contributed by atoms with Crippen LogP contribution in [0.2, 0.25) is 0 Å². The summed E-state index contributed by atoms with van der Waals surface area (Å²) in [4.78, 5) is 24.1. The number of carbonyl (C=O) groups excluding carboxylic acids is 1. The lowest BCUT2D eigenvalue weighted by molar-refractivity contribution is 0.0887. The van der Waals surface area contributed by atoms with Crippen LogP contribution in [0, 0.1) is 0 Å². The third-order valence-electron chi connectivity index (χ3n) is 3.49. The Bertz CT molecular complexity index is 661. The second kappa shape index (κ2) is 7.36. The molecule has 0 aliphatic heterocycles. The summed E-state index contributed by atoms with van der Waals surface area (Å²) in [6, 6.07) is 12.8. The van der Waals surface area contributed by atoms with E-state index in [4.69, 9.17) is 0 Å². The Balaban J connectivity index is 2.20. The molecular weight excluding hydrogens is 330 g/mol. The van der Waals surface area contributed by atoms with Gasteiger partial charge in [-0.3, -0.25) is 14.2 Å². The van der Waals surface area contributed by atoms with Crippen LogP contribution in [0.4, 0.5) is 0 Å². The van der Waals surface area contributed by atoms with Crippen LogP contribution in [0.1, 0.15) is 42.5 Å². The second-order valence-electron chi connectivity index (χ2n) is 5.04. The van der Waals surface area contributed by atoms with Gasteiger partial charge in [-0.25, -0.2) is 0 Å². The summed E-state index contributed by atoms with van der Waals surface area (Å²) in [5, 5.41) is 0. The van der Waals surface area contributed by atoms with Crippen LogP contribution in [0.3, 0.4) is 0 Å². The highest BCUT2D eigenvalue weighted by molar-refractivity contribution is 9.10. The van der Waals surface area contributed by atoms with E-state index in [0.717, 1.165) is 22.9 Å².